The van der Waals surface area contributed by atoms with Crippen LogP contribution in [-0.2, 0) is 11.3 Å². The predicted octanol–water partition coefficient (Wildman–Crippen LogP) is 1.97. The van der Waals surface area contributed by atoms with Gasteiger partial charge in [0.1, 0.15) is 5.01 Å². The second-order valence-electron chi connectivity index (χ2n) is 4.05. The fourth-order valence-corrected chi connectivity index (χ4v) is 1.92. The van der Waals surface area contributed by atoms with E-state index in [-0.39, 0.29) is 5.54 Å². The summed E-state index contributed by atoms with van der Waals surface area (Å²) in [6, 6.07) is 0. The van der Waals surface area contributed by atoms with Crippen molar-refractivity contribution in [3.05, 3.63) is 16.1 Å². The van der Waals surface area contributed by atoms with E-state index in [9.17, 15) is 0 Å². The summed E-state index contributed by atoms with van der Waals surface area (Å²) in [5.41, 5.74) is 1.10. The Hall–Kier alpha value is -0.450. The molecule has 0 spiro atoms. The predicted molar refractivity (Wildman–Crippen MR) is 59.6 cm³/mol. The summed E-state index contributed by atoms with van der Waals surface area (Å²) in [7, 11) is 1.72. The molecule has 0 aromatic carbocycles. The van der Waals surface area contributed by atoms with E-state index in [0.717, 1.165) is 17.2 Å². The van der Waals surface area contributed by atoms with Gasteiger partial charge in [-0.25, -0.2) is 4.98 Å². The number of ether oxygens (including phenoxy) is 1. The lowest BCUT2D eigenvalue weighted by Crippen LogP contribution is -2.42. The minimum absolute atomic E-state index is 0.00826. The fourth-order valence-electron chi connectivity index (χ4n) is 1.21. The van der Waals surface area contributed by atoms with Crippen molar-refractivity contribution < 1.29 is 4.74 Å². The monoisotopic (exact) mass is 214 g/mol. The van der Waals surface area contributed by atoms with Gasteiger partial charge in [0.25, 0.3) is 0 Å². The van der Waals surface area contributed by atoms with E-state index in [1.165, 1.54) is 0 Å². The number of aromatic nitrogens is 1. The highest BCUT2D eigenvalue weighted by molar-refractivity contribution is 7.09. The molecule has 0 amide bonds. The van der Waals surface area contributed by atoms with Crippen molar-refractivity contribution in [1.29, 1.82) is 0 Å². The molecule has 80 valence electrons. The third kappa shape index (κ3) is 3.74. The van der Waals surface area contributed by atoms with Crippen LogP contribution in [0, 0.1) is 6.92 Å². The number of hydrogen-bond donors (Lipinski definition) is 1. The molecule has 14 heavy (non-hydrogen) atoms. The number of rotatable bonds is 5. The minimum Gasteiger partial charge on any atom is -0.383 e. The van der Waals surface area contributed by atoms with Crippen LogP contribution in [0.3, 0.4) is 0 Å². The van der Waals surface area contributed by atoms with Crippen molar-refractivity contribution in [1.82, 2.24) is 10.3 Å². The van der Waals surface area contributed by atoms with Gasteiger partial charge in [-0.2, -0.15) is 0 Å². The average molecular weight is 214 g/mol. The van der Waals surface area contributed by atoms with Crippen LogP contribution in [0.25, 0.3) is 0 Å². The number of thiazole rings is 1. The summed E-state index contributed by atoms with van der Waals surface area (Å²) in [5, 5.41) is 6.61. The highest BCUT2D eigenvalue weighted by atomic mass is 32.1. The zero-order valence-corrected chi connectivity index (χ0v) is 10.1. The second-order valence-corrected chi connectivity index (χ2v) is 5.00. The number of nitrogens with one attached hydrogen (secondary N) is 1. The maximum absolute atomic E-state index is 5.12. The van der Waals surface area contributed by atoms with Crippen molar-refractivity contribution in [2.45, 2.75) is 32.9 Å². The normalized spacial score (nSPS) is 12.0. The highest BCUT2D eigenvalue weighted by Crippen LogP contribution is 2.10. The first-order valence-corrected chi connectivity index (χ1v) is 5.56. The smallest absolute Gasteiger partial charge is 0.107 e. The SMILES string of the molecule is COCC(C)(C)NCc1nc(C)cs1. The Bertz CT molecular complexity index is 283. The van der Waals surface area contributed by atoms with Crippen molar-refractivity contribution in [3.8, 4) is 0 Å². The van der Waals surface area contributed by atoms with Crippen LogP contribution in [-0.4, -0.2) is 24.2 Å². The van der Waals surface area contributed by atoms with Crippen LogP contribution in [0.15, 0.2) is 5.38 Å². The first-order chi connectivity index (χ1) is 6.53. The van der Waals surface area contributed by atoms with E-state index in [1.54, 1.807) is 18.4 Å². The molecule has 0 atom stereocenters. The molecule has 0 aliphatic rings. The van der Waals surface area contributed by atoms with E-state index in [4.69, 9.17) is 4.74 Å². The van der Waals surface area contributed by atoms with Gasteiger partial charge in [-0.3, -0.25) is 0 Å². The van der Waals surface area contributed by atoms with Gasteiger partial charge in [0.2, 0.25) is 0 Å². The zero-order valence-electron chi connectivity index (χ0n) is 9.26. The Morgan fingerprint density at radius 2 is 2.29 bits per heavy atom. The van der Waals surface area contributed by atoms with Gasteiger partial charge in [-0.05, 0) is 20.8 Å². The van der Waals surface area contributed by atoms with Crippen LogP contribution < -0.4 is 5.32 Å². The third-order valence-corrected chi connectivity index (χ3v) is 2.86. The molecule has 1 aromatic heterocycles. The maximum Gasteiger partial charge on any atom is 0.107 e. The molecule has 0 saturated heterocycles. The van der Waals surface area contributed by atoms with Gasteiger partial charge >= 0.3 is 0 Å². The molecule has 4 heteroatoms. The molecular formula is C10H18N2OS. The molecular weight excluding hydrogens is 196 g/mol. The van der Waals surface area contributed by atoms with Crippen LogP contribution in [0.5, 0.6) is 0 Å². The second kappa shape index (κ2) is 4.87. The van der Waals surface area contributed by atoms with Gasteiger partial charge in [0.15, 0.2) is 0 Å². The first-order valence-electron chi connectivity index (χ1n) is 4.68. The van der Waals surface area contributed by atoms with Crippen LogP contribution in [0.4, 0.5) is 0 Å². The van der Waals surface area contributed by atoms with Gasteiger partial charge in [-0.15, -0.1) is 11.3 Å². The molecule has 0 unspecified atom stereocenters. The first kappa shape index (κ1) is 11.6. The van der Waals surface area contributed by atoms with Gasteiger partial charge < -0.3 is 10.1 Å². The molecule has 0 bridgehead atoms. The Morgan fingerprint density at radius 3 is 2.79 bits per heavy atom. The van der Waals surface area contributed by atoms with Gasteiger partial charge in [0, 0.05) is 30.3 Å². The van der Waals surface area contributed by atoms with Crippen molar-refractivity contribution in [3.63, 3.8) is 0 Å². The lowest BCUT2D eigenvalue weighted by molar-refractivity contribution is 0.127. The summed E-state index contributed by atoms with van der Waals surface area (Å²) in [5.74, 6) is 0. The minimum atomic E-state index is 0.00826. The number of nitrogens with zero attached hydrogens (tertiary/aromatic N) is 1. The fraction of sp³-hybridized carbons (Fsp3) is 0.700. The Labute approximate surface area is 89.5 Å². The Morgan fingerprint density at radius 1 is 1.57 bits per heavy atom. The number of hydrogen-bond acceptors (Lipinski definition) is 4. The zero-order chi connectivity index (χ0) is 10.6. The van der Waals surface area contributed by atoms with Crippen molar-refractivity contribution >= 4 is 11.3 Å². The van der Waals surface area contributed by atoms with Crippen molar-refractivity contribution in [2.24, 2.45) is 0 Å². The lowest BCUT2D eigenvalue weighted by Gasteiger charge is -2.24. The maximum atomic E-state index is 5.12. The molecule has 1 heterocycles. The van der Waals surface area contributed by atoms with Gasteiger partial charge in [-0.1, -0.05) is 0 Å². The summed E-state index contributed by atoms with van der Waals surface area (Å²) >= 11 is 1.69. The topological polar surface area (TPSA) is 34.1 Å². The standard InChI is InChI=1S/C10H18N2OS/c1-8-6-14-9(12-8)5-11-10(2,3)7-13-4/h6,11H,5,7H2,1-4H3. The van der Waals surface area contributed by atoms with E-state index < -0.39 is 0 Å². The third-order valence-electron chi connectivity index (χ3n) is 1.89. The molecule has 0 fully saturated rings. The van der Waals surface area contributed by atoms with E-state index in [0.29, 0.717) is 6.61 Å². The van der Waals surface area contributed by atoms with Gasteiger partial charge in [0.05, 0.1) is 6.61 Å². The Balaban J connectivity index is 2.40. The molecule has 0 saturated carbocycles. The molecule has 1 rings (SSSR count). The van der Waals surface area contributed by atoms with E-state index >= 15 is 0 Å². The largest absolute Gasteiger partial charge is 0.383 e. The van der Waals surface area contributed by atoms with Crippen LogP contribution in [0.1, 0.15) is 24.5 Å². The molecule has 1 aromatic rings. The molecule has 0 aliphatic heterocycles. The number of methoxy groups -OCH3 is 1. The molecule has 0 radical (unpaired) electrons. The summed E-state index contributed by atoms with van der Waals surface area (Å²) < 4.78 is 5.12. The molecule has 3 nitrogen and oxygen atoms in total. The summed E-state index contributed by atoms with van der Waals surface area (Å²) in [6.45, 7) is 7.78. The van der Waals surface area contributed by atoms with E-state index in [1.807, 2.05) is 6.92 Å². The molecule has 1 N–H and O–H groups in total. The summed E-state index contributed by atoms with van der Waals surface area (Å²) in [6.07, 6.45) is 0. The number of aryl methyl sites for hydroxylation is 1. The molecule has 0 aliphatic carbocycles. The lowest BCUT2D eigenvalue weighted by atomic mass is 10.1. The van der Waals surface area contributed by atoms with Crippen molar-refractivity contribution in [2.75, 3.05) is 13.7 Å². The van der Waals surface area contributed by atoms with Crippen LogP contribution in [0.2, 0.25) is 0 Å². The highest BCUT2D eigenvalue weighted by Gasteiger charge is 2.16. The summed E-state index contributed by atoms with van der Waals surface area (Å²) in [4.78, 5) is 4.39. The van der Waals surface area contributed by atoms with Crippen LogP contribution >= 0.6 is 11.3 Å². The van der Waals surface area contributed by atoms with E-state index in [2.05, 4.69) is 29.5 Å². The quantitative estimate of drug-likeness (QED) is 0.813. The average Bonchev–Trinajstić information content (AvgIpc) is 2.48. The Kier molecular flexibility index (Phi) is 4.04.